The van der Waals surface area contributed by atoms with Gasteiger partial charge in [-0.3, -0.25) is 0 Å². The summed E-state index contributed by atoms with van der Waals surface area (Å²) in [6.45, 7) is 3.83. The van der Waals surface area contributed by atoms with Crippen LogP contribution in [0.5, 0.6) is 0 Å². The van der Waals surface area contributed by atoms with Gasteiger partial charge in [-0.25, -0.2) is 4.68 Å². The second-order valence-electron chi connectivity index (χ2n) is 2.52. The normalized spacial score (nSPS) is 10.1. The van der Waals surface area contributed by atoms with E-state index >= 15 is 0 Å². The fraction of sp³-hybridized carbons (Fsp3) is 0. The molecule has 0 bridgehead atoms. The van der Waals surface area contributed by atoms with E-state index in [1.165, 1.54) is 0 Å². The van der Waals surface area contributed by atoms with Crippen molar-refractivity contribution in [3.05, 3.63) is 49.1 Å². The third-order valence-corrected chi connectivity index (χ3v) is 1.60. The number of aromatic nitrogens is 3. The average Bonchev–Trinajstić information content (AvgIpc) is 2.56. The van der Waals surface area contributed by atoms with Crippen LogP contribution in [0.15, 0.2) is 36.7 Å². The van der Waals surface area contributed by atoms with E-state index in [2.05, 4.69) is 17.2 Å². The van der Waals surface area contributed by atoms with Crippen LogP contribution in [0.3, 0.4) is 0 Å². The maximum Gasteiger partial charge on any atom is 0.0697 e. The lowest BCUT2D eigenvalue weighted by atomic mass is 10.2. The zero-order valence-electron chi connectivity index (χ0n) is 6.51. The zero-order chi connectivity index (χ0) is 8.39. The largest absolute Gasteiger partial charge is 0.221 e. The Balaban J connectivity index is 2.48. The average molecular weight is 158 g/mol. The number of rotatable bonds is 1. The second-order valence-corrected chi connectivity index (χ2v) is 2.52. The Morgan fingerprint density at radius 1 is 1.33 bits per heavy atom. The van der Waals surface area contributed by atoms with Gasteiger partial charge in [0, 0.05) is 0 Å². The number of nitrogens with zero attached hydrogens (tertiary/aromatic N) is 3. The van der Waals surface area contributed by atoms with Crippen LogP contribution in [0, 0.1) is 6.92 Å². The highest BCUT2D eigenvalue weighted by molar-refractivity contribution is 5.35. The SMILES string of the molecule is [CH2]c1cccc(-n2ccnn2)c1. The molecule has 0 N–H and O–H groups in total. The summed E-state index contributed by atoms with van der Waals surface area (Å²) in [5.74, 6) is 0. The van der Waals surface area contributed by atoms with E-state index in [4.69, 9.17) is 0 Å². The Kier molecular flexibility index (Phi) is 1.63. The lowest BCUT2D eigenvalue weighted by Crippen LogP contribution is -1.94. The topological polar surface area (TPSA) is 30.7 Å². The predicted molar refractivity (Wildman–Crippen MR) is 45.8 cm³/mol. The molecule has 0 aliphatic heterocycles. The molecule has 0 aliphatic rings. The van der Waals surface area contributed by atoms with Crippen molar-refractivity contribution in [3.8, 4) is 5.69 Å². The van der Waals surface area contributed by atoms with E-state index in [0.29, 0.717) is 0 Å². The van der Waals surface area contributed by atoms with Gasteiger partial charge in [-0.2, -0.15) is 0 Å². The van der Waals surface area contributed by atoms with Gasteiger partial charge in [0.1, 0.15) is 0 Å². The highest BCUT2D eigenvalue weighted by Gasteiger charge is 1.94. The number of hydrogen-bond acceptors (Lipinski definition) is 2. The van der Waals surface area contributed by atoms with Crippen molar-refractivity contribution >= 4 is 0 Å². The monoisotopic (exact) mass is 158 g/mol. The standard InChI is InChI=1S/C9H8N3/c1-8-3-2-4-9(7-8)12-6-5-10-11-12/h2-7H,1H2. The highest BCUT2D eigenvalue weighted by Crippen LogP contribution is 2.07. The van der Waals surface area contributed by atoms with E-state index in [-0.39, 0.29) is 0 Å². The van der Waals surface area contributed by atoms with E-state index < -0.39 is 0 Å². The molecule has 3 nitrogen and oxygen atoms in total. The van der Waals surface area contributed by atoms with Crippen molar-refractivity contribution in [1.82, 2.24) is 15.0 Å². The molecule has 0 saturated heterocycles. The molecule has 1 aromatic carbocycles. The van der Waals surface area contributed by atoms with E-state index in [9.17, 15) is 0 Å². The van der Waals surface area contributed by atoms with E-state index in [1.807, 2.05) is 24.3 Å². The summed E-state index contributed by atoms with van der Waals surface area (Å²) in [6.07, 6.45) is 3.45. The minimum Gasteiger partial charge on any atom is -0.221 e. The van der Waals surface area contributed by atoms with Crippen molar-refractivity contribution in [2.75, 3.05) is 0 Å². The quantitative estimate of drug-likeness (QED) is 0.628. The molecule has 3 heteroatoms. The molecule has 59 valence electrons. The van der Waals surface area contributed by atoms with Gasteiger partial charge in [-0.05, 0) is 24.6 Å². The van der Waals surface area contributed by atoms with Crippen LogP contribution in [0.2, 0.25) is 0 Å². The Labute approximate surface area is 70.6 Å². The molecule has 0 amide bonds. The Morgan fingerprint density at radius 2 is 2.25 bits per heavy atom. The van der Waals surface area contributed by atoms with Gasteiger partial charge in [0.05, 0.1) is 18.1 Å². The summed E-state index contributed by atoms with van der Waals surface area (Å²) in [7, 11) is 0. The minimum absolute atomic E-state index is 0.975. The Hall–Kier alpha value is -1.64. The summed E-state index contributed by atoms with van der Waals surface area (Å²) in [5.41, 5.74) is 1.96. The Morgan fingerprint density at radius 3 is 2.92 bits per heavy atom. The first kappa shape index (κ1) is 7.03. The maximum absolute atomic E-state index is 3.87. The molecule has 0 spiro atoms. The molecule has 1 heterocycles. The summed E-state index contributed by atoms with van der Waals surface area (Å²) >= 11 is 0. The van der Waals surface area contributed by atoms with E-state index in [1.54, 1.807) is 17.1 Å². The van der Waals surface area contributed by atoms with Crippen molar-refractivity contribution in [2.24, 2.45) is 0 Å². The first-order valence-electron chi connectivity index (χ1n) is 3.65. The van der Waals surface area contributed by atoms with Crippen LogP contribution >= 0.6 is 0 Å². The van der Waals surface area contributed by atoms with E-state index in [0.717, 1.165) is 11.3 Å². The molecule has 2 aromatic rings. The van der Waals surface area contributed by atoms with Crippen molar-refractivity contribution in [3.63, 3.8) is 0 Å². The molecule has 0 saturated carbocycles. The molecule has 0 fully saturated rings. The van der Waals surface area contributed by atoms with Gasteiger partial charge < -0.3 is 0 Å². The van der Waals surface area contributed by atoms with Gasteiger partial charge >= 0.3 is 0 Å². The molecular formula is C9H8N3. The van der Waals surface area contributed by atoms with Crippen LogP contribution in [-0.2, 0) is 0 Å². The number of hydrogen-bond donors (Lipinski definition) is 0. The molecule has 0 aliphatic carbocycles. The predicted octanol–water partition coefficient (Wildman–Crippen LogP) is 1.45. The van der Waals surface area contributed by atoms with Gasteiger partial charge in [0.15, 0.2) is 0 Å². The fourth-order valence-corrected chi connectivity index (χ4v) is 1.04. The van der Waals surface area contributed by atoms with Crippen LogP contribution in [-0.4, -0.2) is 15.0 Å². The first-order chi connectivity index (χ1) is 5.86. The number of benzene rings is 1. The molecular weight excluding hydrogens is 150 g/mol. The van der Waals surface area contributed by atoms with Crippen molar-refractivity contribution < 1.29 is 0 Å². The smallest absolute Gasteiger partial charge is 0.0697 e. The Bertz CT molecular complexity index is 365. The molecule has 0 unspecified atom stereocenters. The van der Waals surface area contributed by atoms with Gasteiger partial charge in [0.2, 0.25) is 0 Å². The minimum atomic E-state index is 0.975. The van der Waals surface area contributed by atoms with Crippen LogP contribution in [0.25, 0.3) is 5.69 Å². The highest BCUT2D eigenvalue weighted by atomic mass is 15.4. The molecule has 2 rings (SSSR count). The van der Waals surface area contributed by atoms with Crippen LogP contribution < -0.4 is 0 Å². The third-order valence-electron chi connectivity index (χ3n) is 1.60. The molecule has 1 radical (unpaired) electrons. The lowest BCUT2D eigenvalue weighted by Gasteiger charge is -1.99. The second kappa shape index (κ2) is 2.77. The van der Waals surface area contributed by atoms with Crippen molar-refractivity contribution in [2.45, 2.75) is 0 Å². The first-order valence-corrected chi connectivity index (χ1v) is 3.65. The molecule has 12 heavy (non-hydrogen) atoms. The summed E-state index contributed by atoms with van der Waals surface area (Å²) < 4.78 is 1.70. The molecule has 0 atom stereocenters. The fourth-order valence-electron chi connectivity index (χ4n) is 1.04. The van der Waals surface area contributed by atoms with Crippen molar-refractivity contribution in [1.29, 1.82) is 0 Å². The van der Waals surface area contributed by atoms with Crippen LogP contribution in [0.4, 0.5) is 0 Å². The van der Waals surface area contributed by atoms with Crippen LogP contribution in [0.1, 0.15) is 5.56 Å². The summed E-state index contributed by atoms with van der Waals surface area (Å²) in [5, 5.41) is 7.59. The lowest BCUT2D eigenvalue weighted by molar-refractivity contribution is 0.803. The third kappa shape index (κ3) is 1.21. The zero-order valence-corrected chi connectivity index (χ0v) is 6.51. The van der Waals surface area contributed by atoms with Gasteiger partial charge in [-0.1, -0.05) is 17.3 Å². The van der Waals surface area contributed by atoms with Gasteiger partial charge in [-0.15, -0.1) is 5.10 Å². The summed E-state index contributed by atoms with van der Waals surface area (Å²) in [4.78, 5) is 0. The molecule has 1 aromatic heterocycles. The maximum atomic E-state index is 3.87. The summed E-state index contributed by atoms with van der Waals surface area (Å²) in [6, 6.07) is 7.80. The van der Waals surface area contributed by atoms with Gasteiger partial charge in [0.25, 0.3) is 0 Å².